The smallest absolute Gasteiger partial charge is 0.258 e. The summed E-state index contributed by atoms with van der Waals surface area (Å²) in [6.45, 7) is 3.92. The Labute approximate surface area is 221 Å². The molecule has 2 heterocycles. The molecule has 0 aromatic heterocycles. The Bertz CT molecular complexity index is 1040. The van der Waals surface area contributed by atoms with Gasteiger partial charge in [-0.2, -0.15) is 0 Å². The number of nitrogens with zero attached hydrogens (tertiary/aromatic N) is 2. The van der Waals surface area contributed by atoms with Gasteiger partial charge in [0, 0.05) is 25.3 Å². The predicted molar refractivity (Wildman–Crippen MR) is 147 cm³/mol. The second-order valence-corrected chi connectivity index (χ2v) is 11.6. The highest BCUT2D eigenvalue weighted by molar-refractivity contribution is 8.05. The van der Waals surface area contributed by atoms with Crippen LogP contribution in [0.25, 0.3) is 0 Å². The van der Waals surface area contributed by atoms with E-state index in [9.17, 15) is 9.59 Å². The largest absolute Gasteiger partial charge is 0.369 e. The molecule has 3 aliphatic rings. The van der Waals surface area contributed by atoms with Crippen LogP contribution in [0.15, 0.2) is 53.0 Å². The van der Waals surface area contributed by atoms with Gasteiger partial charge in [0.25, 0.3) is 5.91 Å². The summed E-state index contributed by atoms with van der Waals surface area (Å²) in [5.41, 5.74) is 2.73. The maximum atomic E-state index is 13.3. The maximum Gasteiger partial charge on any atom is 0.258 e. The number of anilines is 2. The zero-order chi connectivity index (χ0) is 24.8. The van der Waals surface area contributed by atoms with Crippen molar-refractivity contribution in [3.63, 3.8) is 0 Å². The second-order valence-electron chi connectivity index (χ2n) is 9.15. The molecule has 2 N–H and O–H groups in total. The van der Waals surface area contributed by atoms with E-state index in [1.54, 1.807) is 6.07 Å². The summed E-state index contributed by atoms with van der Waals surface area (Å²) < 4.78 is -0.139. The number of hydrogen-bond donors (Lipinski definition) is 2. The number of carbonyl (C=O) groups is 2. The van der Waals surface area contributed by atoms with Crippen molar-refractivity contribution in [2.45, 2.75) is 42.9 Å². The number of nitrogens with one attached hydrogen (secondary N) is 2. The molecule has 1 aliphatic carbocycles. The van der Waals surface area contributed by atoms with Crippen molar-refractivity contribution >= 4 is 58.2 Å². The third kappa shape index (κ3) is 7.29. The average molecular weight is 536 g/mol. The van der Waals surface area contributed by atoms with Gasteiger partial charge < -0.3 is 20.4 Å². The van der Waals surface area contributed by atoms with E-state index in [4.69, 9.17) is 23.2 Å². The molecule has 0 bridgehead atoms. The first-order chi connectivity index (χ1) is 16.9. The quantitative estimate of drug-likeness (QED) is 0.473. The Balaban J connectivity index is 1.45. The lowest BCUT2D eigenvalue weighted by molar-refractivity contribution is -0.123. The molecule has 2 amide bonds. The minimum atomic E-state index is -0.698. The maximum absolute atomic E-state index is 13.3. The van der Waals surface area contributed by atoms with Crippen LogP contribution < -0.4 is 15.5 Å². The van der Waals surface area contributed by atoms with E-state index in [0.29, 0.717) is 28.5 Å². The molecule has 9 heteroatoms. The van der Waals surface area contributed by atoms with E-state index in [0.717, 1.165) is 56.7 Å². The van der Waals surface area contributed by atoms with Gasteiger partial charge in [-0.15, -0.1) is 23.4 Å². The van der Waals surface area contributed by atoms with E-state index in [-0.39, 0.29) is 16.5 Å². The summed E-state index contributed by atoms with van der Waals surface area (Å²) in [6, 6.07) is 4.93. The number of halogens is 2. The lowest BCUT2D eigenvalue weighted by Gasteiger charge is -2.25. The Morgan fingerprint density at radius 1 is 1.23 bits per heavy atom. The van der Waals surface area contributed by atoms with E-state index < -0.39 is 6.04 Å². The molecule has 2 unspecified atom stereocenters. The highest BCUT2D eigenvalue weighted by atomic mass is 35.5. The number of thioether (sulfide) groups is 1. The molecular formula is C26H32Cl2N4O2S. The third-order valence-electron chi connectivity index (χ3n) is 6.43. The zero-order valence-corrected chi connectivity index (χ0v) is 22.3. The van der Waals surface area contributed by atoms with Crippen molar-refractivity contribution in [3.8, 4) is 0 Å². The average Bonchev–Trinajstić information content (AvgIpc) is 3.17. The van der Waals surface area contributed by atoms with Crippen LogP contribution in [-0.2, 0) is 9.59 Å². The van der Waals surface area contributed by atoms with E-state index in [2.05, 4.69) is 33.6 Å². The van der Waals surface area contributed by atoms with Crippen LogP contribution in [0.5, 0.6) is 0 Å². The first-order valence-corrected chi connectivity index (χ1v) is 13.8. The second kappa shape index (κ2) is 12.3. The molecule has 1 aromatic carbocycles. The van der Waals surface area contributed by atoms with Crippen LogP contribution in [0.2, 0.25) is 5.02 Å². The van der Waals surface area contributed by atoms with Crippen molar-refractivity contribution in [2.75, 3.05) is 43.4 Å². The van der Waals surface area contributed by atoms with Gasteiger partial charge in [-0.1, -0.05) is 41.5 Å². The molecule has 0 radical (unpaired) electrons. The monoisotopic (exact) mass is 534 g/mol. The van der Waals surface area contributed by atoms with Gasteiger partial charge in [0.1, 0.15) is 6.04 Å². The summed E-state index contributed by atoms with van der Waals surface area (Å²) in [4.78, 5) is 31.3. The highest BCUT2D eigenvalue weighted by Crippen LogP contribution is 2.35. The fraction of sp³-hybridized carbons (Fsp3) is 0.462. The molecule has 2 aliphatic heterocycles. The molecule has 0 saturated carbocycles. The predicted octanol–water partition coefficient (Wildman–Crippen LogP) is 5.16. The zero-order valence-electron chi connectivity index (χ0n) is 19.9. The highest BCUT2D eigenvalue weighted by Gasteiger charge is 2.27. The molecule has 1 fully saturated rings. The van der Waals surface area contributed by atoms with Gasteiger partial charge in [-0.3, -0.25) is 9.59 Å². The van der Waals surface area contributed by atoms with Crippen molar-refractivity contribution in [1.82, 2.24) is 10.2 Å². The topological polar surface area (TPSA) is 64.7 Å². The van der Waals surface area contributed by atoms with Crippen LogP contribution >= 0.6 is 35.0 Å². The van der Waals surface area contributed by atoms with Crippen molar-refractivity contribution in [1.29, 1.82) is 0 Å². The molecule has 4 rings (SSSR count). The van der Waals surface area contributed by atoms with E-state index in [1.807, 2.05) is 30.4 Å². The number of hydrogen-bond acceptors (Lipinski definition) is 5. The molecule has 35 heavy (non-hydrogen) atoms. The fourth-order valence-corrected chi connectivity index (χ4v) is 5.96. The van der Waals surface area contributed by atoms with Crippen LogP contribution in [0.4, 0.5) is 11.4 Å². The molecule has 1 saturated heterocycles. The summed E-state index contributed by atoms with van der Waals surface area (Å²) in [6.07, 6.45) is 11.9. The Hall–Kier alpha value is -1.93. The number of benzene rings is 1. The standard InChI is InChI=1S/C26H32Cl2N4O2S/c1-31-12-5-13-32(15-14-31)22-9-8-19(17-20(22)27)29-25(33)21(16-18-6-3-2-4-7-18)30-26(34)23-10-11-24(28)35-23/h2-3,6,8-10,17,21,24H,4-5,7,11-16H2,1H3,(H,29,33)(H,30,34). The van der Waals surface area contributed by atoms with Gasteiger partial charge in [-0.05, 0) is 63.9 Å². The Morgan fingerprint density at radius 2 is 2.09 bits per heavy atom. The van der Waals surface area contributed by atoms with Crippen LogP contribution in [0.3, 0.4) is 0 Å². The molecule has 1 aromatic rings. The number of allylic oxidation sites excluding steroid dienone is 4. The minimum absolute atomic E-state index is 0.139. The Morgan fingerprint density at radius 3 is 2.80 bits per heavy atom. The van der Waals surface area contributed by atoms with Crippen molar-refractivity contribution in [3.05, 3.63) is 58.0 Å². The lowest BCUT2D eigenvalue weighted by atomic mass is 9.97. The first-order valence-electron chi connectivity index (χ1n) is 12.1. The first kappa shape index (κ1) is 26.1. The SMILES string of the molecule is CN1CCCN(c2ccc(NC(=O)C(CC3=CC=CCC3)NC(=O)C3=CCC(Cl)S3)cc2Cl)CC1. The molecular weight excluding hydrogens is 503 g/mol. The summed E-state index contributed by atoms with van der Waals surface area (Å²) in [7, 11) is 2.13. The summed E-state index contributed by atoms with van der Waals surface area (Å²) in [5, 5.41) is 6.50. The number of rotatable bonds is 7. The van der Waals surface area contributed by atoms with Gasteiger partial charge >= 0.3 is 0 Å². The fourth-order valence-electron chi connectivity index (χ4n) is 4.46. The number of carbonyl (C=O) groups excluding carboxylic acids is 2. The molecule has 188 valence electrons. The minimum Gasteiger partial charge on any atom is -0.369 e. The van der Waals surface area contributed by atoms with Crippen LogP contribution in [-0.4, -0.2) is 60.7 Å². The summed E-state index contributed by atoms with van der Waals surface area (Å²) >= 11 is 14.1. The van der Waals surface area contributed by atoms with Gasteiger partial charge in [-0.25, -0.2) is 0 Å². The molecule has 0 spiro atoms. The van der Waals surface area contributed by atoms with E-state index in [1.165, 1.54) is 11.8 Å². The number of amides is 2. The van der Waals surface area contributed by atoms with Crippen LogP contribution in [0, 0.1) is 0 Å². The third-order valence-corrected chi connectivity index (χ3v) is 8.23. The van der Waals surface area contributed by atoms with Crippen molar-refractivity contribution in [2.24, 2.45) is 0 Å². The number of likely N-dealkylation sites (N-methyl/N-ethyl adjacent to an activating group) is 1. The van der Waals surface area contributed by atoms with Crippen molar-refractivity contribution < 1.29 is 9.59 Å². The Kier molecular flexibility index (Phi) is 9.22. The molecule has 2 atom stereocenters. The van der Waals surface area contributed by atoms with Crippen LogP contribution in [0.1, 0.15) is 32.1 Å². The van der Waals surface area contributed by atoms with Gasteiger partial charge in [0.2, 0.25) is 5.91 Å². The van der Waals surface area contributed by atoms with Gasteiger partial charge in [0.05, 0.1) is 20.3 Å². The molecule has 6 nitrogen and oxygen atoms in total. The summed E-state index contributed by atoms with van der Waals surface area (Å²) in [5.74, 6) is -0.523. The van der Waals surface area contributed by atoms with Gasteiger partial charge in [0.15, 0.2) is 0 Å². The normalized spacial score (nSPS) is 21.7. The lowest BCUT2D eigenvalue weighted by Crippen LogP contribution is -2.44. The number of alkyl halides is 1. The van der Waals surface area contributed by atoms with E-state index >= 15 is 0 Å².